The van der Waals surface area contributed by atoms with Gasteiger partial charge in [0.25, 0.3) is 0 Å². The van der Waals surface area contributed by atoms with Crippen molar-refractivity contribution in [2.24, 2.45) is 5.73 Å². The minimum atomic E-state index is -0.0459. The molecule has 1 heterocycles. The maximum Gasteiger partial charge on any atom is 0.0749 e. The molecule has 1 rings (SSSR count). The lowest BCUT2D eigenvalue weighted by Gasteiger charge is -2.40. The van der Waals surface area contributed by atoms with Crippen molar-refractivity contribution in [2.75, 3.05) is 20.2 Å². The minimum absolute atomic E-state index is 0.0459. The minimum Gasteiger partial charge on any atom is -0.377 e. The van der Waals surface area contributed by atoms with E-state index in [-0.39, 0.29) is 5.60 Å². The molecule has 0 radical (unpaired) electrons. The lowest BCUT2D eigenvalue weighted by Crippen LogP contribution is -2.50. The summed E-state index contributed by atoms with van der Waals surface area (Å²) in [5, 5.41) is 0. The van der Waals surface area contributed by atoms with Crippen molar-refractivity contribution < 1.29 is 4.74 Å². The van der Waals surface area contributed by atoms with Crippen molar-refractivity contribution in [2.45, 2.75) is 51.3 Å². The summed E-state index contributed by atoms with van der Waals surface area (Å²) >= 11 is 0. The van der Waals surface area contributed by atoms with Gasteiger partial charge in [-0.1, -0.05) is 0 Å². The summed E-state index contributed by atoms with van der Waals surface area (Å²) in [7, 11) is 1.78. The standard InChI is InChI=1S/C11H24N2O/c1-9-7-10(12)5-6-13(9)8-11(2,3)14-4/h9-10H,5-8,12H2,1-4H3. The van der Waals surface area contributed by atoms with Gasteiger partial charge in [-0.15, -0.1) is 0 Å². The van der Waals surface area contributed by atoms with E-state index < -0.39 is 0 Å². The molecule has 0 saturated carbocycles. The number of piperidine rings is 1. The van der Waals surface area contributed by atoms with Crippen molar-refractivity contribution in [1.29, 1.82) is 0 Å². The smallest absolute Gasteiger partial charge is 0.0749 e. The fourth-order valence-electron chi connectivity index (χ4n) is 2.05. The van der Waals surface area contributed by atoms with Crippen LogP contribution in [-0.2, 0) is 4.74 Å². The van der Waals surface area contributed by atoms with Gasteiger partial charge in [0, 0.05) is 32.3 Å². The zero-order valence-electron chi connectivity index (χ0n) is 9.92. The molecule has 0 aromatic carbocycles. The lowest BCUT2D eigenvalue weighted by molar-refractivity contribution is -0.0238. The van der Waals surface area contributed by atoms with Gasteiger partial charge in [-0.05, 0) is 33.6 Å². The second kappa shape index (κ2) is 4.60. The molecule has 2 N–H and O–H groups in total. The highest BCUT2D eigenvalue weighted by Gasteiger charge is 2.28. The molecular weight excluding hydrogens is 176 g/mol. The molecule has 1 aliphatic heterocycles. The van der Waals surface area contributed by atoms with E-state index in [1.165, 1.54) is 0 Å². The summed E-state index contributed by atoms with van der Waals surface area (Å²) in [4.78, 5) is 2.48. The summed E-state index contributed by atoms with van der Waals surface area (Å²) in [6, 6.07) is 0.986. The number of likely N-dealkylation sites (tertiary alicyclic amines) is 1. The lowest BCUT2D eigenvalue weighted by atomic mass is 9.97. The second-order valence-corrected chi connectivity index (χ2v) is 5.07. The maximum absolute atomic E-state index is 5.93. The van der Waals surface area contributed by atoms with Crippen LogP contribution in [0.4, 0.5) is 0 Å². The highest BCUT2D eigenvalue weighted by atomic mass is 16.5. The summed E-state index contributed by atoms with van der Waals surface area (Å²) in [5.74, 6) is 0. The van der Waals surface area contributed by atoms with Gasteiger partial charge in [0.1, 0.15) is 0 Å². The van der Waals surface area contributed by atoms with Crippen LogP contribution in [-0.4, -0.2) is 42.8 Å². The van der Waals surface area contributed by atoms with E-state index in [0.29, 0.717) is 12.1 Å². The quantitative estimate of drug-likeness (QED) is 0.744. The Morgan fingerprint density at radius 1 is 1.50 bits per heavy atom. The fraction of sp³-hybridized carbons (Fsp3) is 1.00. The van der Waals surface area contributed by atoms with Crippen LogP contribution >= 0.6 is 0 Å². The Balaban J connectivity index is 2.45. The first-order valence-electron chi connectivity index (χ1n) is 5.49. The monoisotopic (exact) mass is 200 g/mol. The van der Waals surface area contributed by atoms with Gasteiger partial charge in [0.15, 0.2) is 0 Å². The highest BCUT2D eigenvalue weighted by Crippen LogP contribution is 2.19. The average Bonchev–Trinajstić information content (AvgIpc) is 2.10. The largest absolute Gasteiger partial charge is 0.377 e. The molecule has 3 nitrogen and oxygen atoms in total. The fourth-order valence-corrected chi connectivity index (χ4v) is 2.05. The van der Waals surface area contributed by atoms with Crippen molar-refractivity contribution in [3.05, 3.63) is 0 Å². The molecule has 84 valence electrons. The van der Waals surface area contributed by atoms with Crippen molar-refractivity contribution >= 4 is 0 Å². The molecule has 3 heteroatoms. The van der Waals surface area contributed by atoms with Crippen LogP contribution in [0.5, 0.6) is 0 Å². The number of nitrogens with zero attached hydrogens (tertiary/aromatic N) is 1. The summed E-state index contributed by atoms with van der Waals surface area (Å²) in [6.45, 7) is 8.62. The van der Waals surface area contributed by atoms with E-state index in [9.17, 15) is 0 Å². The van der Waals surface area contributed by atoms with Crippen LogP contribution < -0.4 is 5.73 Å². The molecule has 0 amide bonds. The molecule has 0 spiro atoms. The molecular formula is C11H24N2O. The van der Waals surface area contributed by atoms with Gasteiger partial charge >= 0.3 is 0 Å². The number of nitrogens with two attached hydrogens (primary N) is 1. The predicted octanol–water partition coefficient (Wildman–Crippen LogP) is 1.22. The SMILES string of the molecule is COC(C)(C)CN1CCC(N)CC1C. The first kappa shape index (κ1) is 12.0. The number of hydrogen-bond acceptors (Lipinski definition) is 3. The molecule has 2 unspecified atom stereocenters. The molecule has 0 aromatic rings. The van der Waals surface area contributed by atoms with Crippen LogP contribution in [0.3, 0.4) is 0 Å². The van der Waals surface area contributed by atoms with Crippen LogP contribution in [0.25, 0.3) is 0 Å². The number of methoxy groups -OCH3 is 1. The molecule has 2 atom stereocenters. The van der Waals surface area contributed by atoms with E-state index in [1.807, 2.05) is 0 Å². The molecule has 0 aromatic heterocycles. The summed E-state index contributed by atoms with van der Waals surface area (Å²) in [6.07, 6.45) is 2.23. The van der Waals surface area contributed by atoms with Crippen molar-refractivity contribution in [3.8, 4) is 0 Å². The van der Waals surface area contributed by atoms with Crippen LogP contribution in [0.1, 0.15) is 33.6 Å². The highest BCUT2D eigenvalue weighted by molar-refractivity contribution is 4.84. The van der Waals surface area contributed by atoms with Crippen LogP contribution in [0, 0.1) is 0 Å². The molecule has 0 bridgehead atoms. The first-order chi connectivity index (χ1) is 6.44. The molecule has 1 aliphatic rings. The topological polar surface area (TPSA) is 38.5 Å². The molecule has 1 fully saturated rings. The normalized spacial score (nSPS) is 30.6. The third-order valence-corrected chi connectivity index (χ3v) is 3.19. The van der Waals surface area contributed by atoms with Crippen LogP contribution in [0.15, 0.2) is 0 Å². The van der Waals surface area contributed by atoms with Gasteiger partial charge < -0.3 is 10.5 Å². The van der Waals surface area contributed by atoms with Crippen molar-refractivity contribution in [3.63, 3.8) is 0 Å². The van der Waals surface area contributed by atoms with Gasteiger partial charge in [-0.2, -0.15) is 0 Å². The zero-order valence-corrected chi connectivity index (χ0v) is 9.92. The molecule has 14 heavy (non-hydrogen) atoms. The average molecular weight is 200 g/mol. The summed E-state index contributed by atoms with van der Waals surface area (Å²) < 4.78 is 5.44. The second-order valence-electron chi connectivity index (χ2n) is 5.07. The Kier molecular flexibility index (Phi) is 3.93. The summed E-state index contributed by atoms with van der Waals surface area (Å²) in [5.41, 5.74) is 5.88. The maximum atomic E-state index is 5.93. The Hall–Kier alpha value is -0.120. The third-order valence-electron chi connectivity index (χ3n) is 3.19. The Labute approximate surface area is 87.6 Å². The number of ether oxygens (including phenoxy) is 1. The Morgan fingerprint density at radius 2 is 2.14 bits per heavy atom. The Morgan fingerprint density at radius 3 is 2.64 bits per heavy atom. The van der Waals surface area contributed by atoms with Gasteiger partial charge in [-0.3, -0.25) is 4.90 Å². The van der Waals surface area contributed by atoms with Gasteiger partial charge in [-0.25, -0.2) is 0 Å². The van der Waals surface area contributed by atoms with Gasteiger partial charge in [0.2, 0.25) is 0 Å². The number of hydrogen-bond donors (Lipinski definition) is 1. The van der Waals surface area contributed by atoms with E-state index in [1.54, 1.807) is 7.11 Å². The zero-order chi connectivity index (χ0) is 10.8. The van der Waals surface area contributed by atoms with E-state index in [2.05, 4.69) is 25.7 Å². The predicted molar refractivity (Wildman–Crippen MR) is 59.3 cm³/mol. The van der Waals surface area contributed by atoms with Crippen LogP contribution in [0.2, 0.25) is 0 Å². The molecule has 1 saturated heterocycles. The first-order valence-corrected chi connectivity index (χ1v) is 5.49. The molecule has 0 aliphatic carbocycles. The van der Waals surface area contributed by atoms with Crippen molar-refractivity contribution in [1.82, 2.24) is 4.90 Å². The number of rotatable bonds is 3. The van der Waals surface area contributed by atoms with E-state index in [4.69, 9.17) is 10.5 Å². The Bertz CT molecular complexity index is 182. The van der Waals surface area contributed by atoms with Gasteiger partial charge in [0.05, 0.1) is 5.60 Å². The third kappa shape index (κ3) is 3.23. The van der Waals surface area contributed by atoms with E-state index in [0.717, 1.165) is 25.9 Å². The van der Waals surface area contributed by atoms with E-state index >= 15 is 0 Å².